The molecule has 0 saturated carbocycles. The van der Waals surface area contributed by atoms with Gasteiger partial charge in [-0.2, -0.15) is 0 Å². The van der Waals surface area contributed by atoms with E-state index in [2.05, 4.69) is 12.2 Å². The van der Waals surface area contributed by atoms with E-state index in [1.54, 1.807) is 12.1 Å². The smallest absolute Gasteiger partial charge is 0.264 e. The summed E-state index contributed by atoms with van der Waals surface area (Å²) in [6.07, 6.45) is 4.82. The first-order chi connectivity index (χ1) is 14.0. The highest BCUT2D eigenvalue weighted by Gasteiger charge is 2.28. The maximum Gasteiger partial charge on any atom is 0.264 e. The molecule has 156 valence electrons. The number of nitrogens with one attached hydrogen (secondary N) is 1. The van der Waals surface area contributed by atoms with Crippen molar-refractivity contribution < 1.29 is 17.9 Å². The fourth-order valence-electron chi connectivity index (χ4n) is 3.39. The number of amides is 1. The molecule has 1 aliphatic heterocycles. The van der Waals surface area contributed by atoms with Gasteiger partial charge in [-0.05, 0) is 55.2 Å². The molecule has 0 aliphatic carbocycles. The molecular weight excluding hydrogens is 388 g/mol. The molecule has 0 radical (unpaired) electrons. The molecule has 0 aromatic heterocycles. The Morgan fingerprint density at radius 2 is 1.86 bits per heavy atom. The number of hydrogen-bond donors (Lipinski definition) is 1. The molecule has 1 amide bonds. The van der Waals surface area contributed by atoms with Crippen LogP contribution in [0.5, 0.6) is 5.75 Å². The van der Waals surface area contributed by atoms with Crippen LogP contribution in [0.15, 0.2) is 53.4 Å². The maximum absolute atomic E-state index is 13.1. The van der Waals surface area contributed by atoms with Crippen molar-refractivity contribution in [2.75, 3.05) is 24.0 Å². The molecular formula is C22H28N2O4S. The molecule has 0 unspecified atom stereocenters. The van der Waals surface area contributed by atoms with Gasteiger partial charge in [0.15, 0.2) is 6.61 Å². The lowest BCUT2D eigenvalue weighted by Gasteiger charge is -2.30. The third kappa shape index (κ3) is 5.29. The van der Waals surface area contributed by atoms with Crippen LogP contribution in [0.2, 0.25) is 0 Å². The van der Waals surface area contributed by atoms with Gasteiger partial charge in [0.1, 0.15) is 5.75 Å². The largest absolute Gasteiger partial charge is 0.484 e. The van der Waals surface area contributed by atoms with Gasteiger partial charge in [0.25, 0.3) is 15.9 Å². The monoisotopic (exact) mass is 416 g/mol. The number of para-hydroxylation sites is 1. The summed E-state index contributed by atoms with van der Waals surface area (Å²) in [6.45, 7) is 3.14. The second-order valence-corrected chi connectivity index (χ2v) is 8.99. The van der Waals surface area contributed by atoms with Crippen LogP contribution >= 0.6 is 0 Å². The number of aryl methyl sites for hydroxylation is 1. The Labute approximate surface area is 172 Å². The Kier molecular flexibility index (Phi) is 7.14. The number of carbonyl (C=O) groups is 1. The Bertz CT molecular complexity index is 926. The molecule has 7 heteroatoms. The van der Waals surface area contributed by atoms with Crippen LogP contribution in [0.25, 0.3) is 0 Å². The zero-order valence-electron chi connectivity index (χ0n) is 16.8. The first-order valence-electron chi connectivity index (χ1n) is 10.1. The van der Waals surface area contributed by atoms with Crippen molar-refractivity contribution in [2.45, 2.75) is 43.9 Å². The number of benzene rings is 2. The molecule has 1 heterocycles. The lowest BCUT2D eigenvalue weighted by Crippen LogP contribution is -2.35. The number of unbranched alkanes of at least 4 members (excludes halogenated alkanes) is 2. The van der Waals surface area contributed by atoms with E-state index in [-0.39, 0.29) is 17.4 Å². The Morgan fingerprint density at radius 3 is 2.62 bits per heavy atom. The van der Waals surface area contributed by atoms with Gasteiger partial charge >= 0.3 is 0 Å². The molecule has 0 bridgehead atoms. The van der Waals surface area contributed by atoms with Gasteiger partial charge in [-0.3, -0.25) is 9.10 Å². The van der Waals surface area contributed by atoms with Crippen molar-refractivity contribution in [1.82, 2.24) is 5.32 Å². The standard InChI is InChI=1S/C22H28N2O4S/c1-2-3-6-15-23-22(25)17-28-19-11-13-20(14-12-19)29(26,27)24-16-7-9-18-8-4-5-10-21(18)24/h4-5,8,10-14H,2-3,6-7,9,15-17H2,1H3,(H,23,25). The van der Waals surface area contributed by atoms with Crippen LogP contribution in [0.4, 0.5) is 5.69 Å². The molecule has 29 heavy (non-hydrogen) atoms. The third-order valence-electron chi connectivity index (χ3n) is 4.95. The molecule has 0 atom stereocenters. The predicted octanol–water partition coefficient (Wildman–Crippen LogP) is 3.51. The highest BCUT2D eigenvalue weighted by Crippen LogP contribution is 2.32. The van der Waals surface area contributed by atoms with Gasteiger partial charge in [-0.25, -0.2) is 8.42 Å². The highest BCUT2D eigenvalue weighted by atomic mass is 32.2. The summed E-state index contributed by atoms with van der Waals surface area (Å²) in [7, 11) is -3.64. The Morgan fingerprint density at radius 1 is 1.10 bits per heavy atom. The molecule has 0 fully saturated rings. The first-order valence-corrected chi connectivity index (χ1v) is 11.6. The summed E-state index contributed by atoms with van der Waals surface area (Å²) in [4.78, 5) is 12.0. The SMILES string of the molecule is CCCCCNC(=O)COc1ccc(S(=O)(=O)N2CCCc3ccccc32)cc1. The van der Waals surface area contributed by atoms with Gasteiger partial charge in [0.05, 0.1) is 10.6 Å². The molecule has 2 aromatic rings. The highest BCUT2D eigenvalue weighted by molar-refractivity contribution is 7.92. The summed E-state index contributed by atoms with van der Waals surface area (Å²) < 4.78 is 33.2. The van der Waals surface area contributed by atoms with Crippen molar-refractivity contribution in [1.29, 1.82) is 0 Å². The van der Waals surface area contributed by atoms with E-state index in [0.29, 0.717) is 18.8 Å². The molecule has 0 spiro atoms. The number of ether oxygens (including phenoxy) is 1. The third-order valence-corrected chi connectivity index (χ3v) is 6.78. The van der Waals surface area contributed by atoms with Crippen LogP contribution in [-0.4, -0.2) is 34.0 Å². The van der Waals surface area contributed by atoms with Crippen molar-refractivity contribution in [3.63, 3.8) is 0 Å². The van der Waals surface area contributed by atoms with E-state index < -0.39 is 10.0 Å². The van der Waals surface area contributed by atoms with Gasteiger partial charge < -0.3 is 10.1 Å². The molecule has 0 saturated heterocycles. The minimum atomic E-state index is -3.64. The summed E-state index contributed by atoms with van der Waals surface area (Å²) in [6, 6.07) is 13.9. The van der Waals surface area contributed by atoms with Crippen molar-refractivity contribution in [3.8, 4) is 5.75 Å². The van der Waals surface area contributed by atoms with Crippen LogP contribution in [-0.2, 0) is 21.2 Å². The van der Waals surface area contributed by atoms with E-state index >= 15 is 0 Å². The van der Waals surface area contributed by atoms with E-state index in [0.717, 1.165) is 43.4 Å². The molecule has 3 rings (SSSR count). The second-order valence-electron chi connectivity index (χ2n) is 7.13. The summed E-state index contributed by atoms with van der Waals surface area (Å²) in [5.41, 5.74) is 1.80. The zero-order valence-corrected chi connectivity index (χ0v) is 17.6. The summed E-state index contributed by atoms with van der Waals surface area (Å²) in [5, 5.41) is 2.81. The minimum Gasteiger partial charge on any atom is -0.484 e. The first kappa shape index (κ1) is 21.2. The van der Waals surface area contributed by atoms with Crippen LogP contribution < -0.4 is 14.4 Å². The summed E-state index contributed by atoms with van der Waals surface area (Å²) in [5.74, 6) is 0.287. The van der Waals surface area contributed by atoms with Gasteiger partial charge in [0.2, 0.25) is 0 Å². The lowest BCUT2D eigenvalue weighted by atomic mass is 10.0. The molecule has 2 aromatic carbocycles. The fraction of sp³-hybridized carbons (Fsp3) is 0.409. The van der Waals surface area contributed by atoms with E-state index in [4.69, 9.17) is 4.74 Å². The normalized spacial score (nSPS) is 13.6. The number of fused-ring (bicyclic) bond motifs is 1. The number of carbonyl (C=O) groups excluding carboxylic acids is 1. The van der Waals surface area contributed by atoms with Gasteiger partial charge in [-0.1, -0.05) is 38.0 Å². The molecule has 1 N–H and O–H groups in total. The van der Waals surface area contributed by atoms with Gasteiger partial charge in [-0.15, -0.1) is 0 Å². The van der Waals surface area contributed by atoms with E-state index in [1.165, 1.54) is 16.4 Å². The number of nitrogens with zero attached hydrogens (tertiary/aromatic N) is 1. The second kappa shape index (κ2) is 9.78. The van der Waals surface area contributed by atoms with Crippen molar-refractivity contribution in [2.24, 2.45) is 0 Å². The van der Waals surface area contributed by atoms with Crippen molar-refractivity contribution in [3.05, 3.63) is 54.1 Å². The summed E-state index contributed by atoms with van der Waals surface area (Å²) >= 11 is 0. The maximum atomic E-state index is 13.1. The number of sulfonamides is 1. The number of rotatable bonds is 9. The average Bonchev–Trinajstić information content (AvgIpc) is 2.75. The van der Waals surface area contributed by atoms with Crippen molar-refractivity contribution >= 4 is 21.6 Å². The van der Waals surface area contributed by atoms with E-state index in [9.17, 15) is 13.2 Å². The Hall–Kier alpha value is -2.54. The molecule has 1 aliphatic rings. The number of hydrogen-bond acceptors (Lipinski definition) is 4. The van der Waals surface area contributed by atoms with E-state index in [1.807, 2.05) is 24.3 Å². The predicted molar refractivity (Wildman–Crippen MR) is 114 cm³/mol. The zero-order chi connectivity index (χ0) is 20.7. The topological polar surface area (TPSA) is 75.7 Å². The van der Waals surface area contributed by atoms with Gasteiger partial charge in [0, 0.05) is 13.1 Å². The quantitative estimate of drug-likeness (QED) is 0.635. The minimum absolute atomic E-state index is 0.0856. The van der Waals surface area contributed by atoms with Crippen LogP contribution in [0.3, 0.4) is 0 Å². The lowest BCUT2D eigenvalue weighted by molar-refractivity contribution is -0.123. The molecule has 6 nitrogen and oxygen atoms in total. The Balaban J connectivity index is 1.62. The average molecular weight is 417 g/mol. The number of anilines is 1. The fourth-order valence-corrected chi connectivity index (χ4v) is 4.93. The van der Waals surface area contributed by atoms with Crippen LogP contribution in [0.1, 0.15) is 38.2 Å². The van der Waals surface area contributed by atoms with Crippen LogP contribution in [0, 0.1) is 0 Å².